The molecule has 0 unspecified atom stereocenters. The van der Waals surface area contributed by atoms with Crippen molar-refractivity contribution in [3.8, 4) is 5.75 Å². The monoisotopic (exact) mass is 337 g/mol. The Hall–Kier alpha value is -1.32. The number of fused-ring (bicyclic) bond motifs is 1. The van der Waals surface area contributed by atoms with Crippen LogP contribution in [0.15, 0.2) is 29.2 Å². The Morgan fingerprint density at radius 2 is 1.82 bits per heavy atom. The fraction of sp³-hybridized carbons (Fsp3) is 0.538. The average Bonchev–Trinajstić information content (AvgIpc) is 2.75. The minimum Gasteiger partial charge on any atom is -0.406 e. The van der Waals surface area contributed by atoms with E-state index < -0.39 is 28.2 Å². The number of rotatable bonds is 3. The summed E-state index contributed by atoms with van der Waals surface area (Å²) in [4.78, 5) is -0.0854. The van der Waals surface area contributed by atoms with Gasteiger partial charge in [0.1, 0.15) is 5.75 Å². The normalized spacial score (nSPS) is 29.0. The predicted molar refractivity (Wildman–Crippen MR) is 69.5 cm³/mol. The number of hydrogen-bond donors (Lipinski definition) is 1. The zero-order valence-corrected chi connectivity index (χ0v) is 12.1. The second-order valence-corrected chi connectivity index (χ2v) is 7.51. The minimum atomic E-state index is -4.81. The Kier molecular flexibility index (Phi) is 3.61. The highest BCUT2D eigenvalue weighted by molar-refractivity contribution is 7.89. The van der Waals surface area contributed by atoms with E-state index >= 15 is 0 Å². The van der Waals surface area contributed by atoms with E-state index in [9.17, 15) is 26.7 Å². The second-order valence-electron chi connectivity index (χ2n) is 5.57. The van der Waals surface area contributed by atoms with Gasteiger partial charge in [0.25, 0.3) is 0 Å². The summed E-state index contributed by atoms with van der Waals surface area (Å²) < 4.78 is 66.1. The van der Waals surface area contributed by atoms with Crippen LogP contribution in [0.1, 0.15) is 6.42 Å². The number of aliphatic hydroxyl groups excluding tert-OH is 1. The number of halogens is 3. The molecule has 22 heavy (non-hydrogen) atoms. The SMILES string of the molecule is O=S(=O)(c1ccc(OC(F)(F)F)cc1)N1C[C@H]2C[C@@H](O)[C@H]2C1. The van der Waals surface area contributed by atoms with Crippen molar-refractivity contribution >= 4 is 10.0 Å². The number of nitrogens with zero attached hydrogens (tertiary/aromatic N) is 1. The Morgan fingerprint density at radius 3 is 2.32 bits per heavy atom. The van der Waals surface area contributed by atoms with Crippen molar-refractivity contribution in [2.24, 2.45) is 11.8 Å². The Morgan fingerprint density at radius 1 is 1.18 bits per heavy atom. The van der Waals surface area contributed by atoms with Crippen molar-refractivity contribution in [2.45, 2.75) is 23.8 Å². The molecule has 0 radical (unpaired) electrons. The standard InChI is InChI=1S/C13H14F3NO4S/c14-13(15,16)21-9-1-3-10(4-2-9)22(19,20)17-6-8-5-12(18)11(8)7-17/h1-4,8,11-12,18H,5-7H2/t8-,11+,12-/m1/s1. The minimum absolute atomic E-state index is 0.0392. The van der Waals surface area contributed by atoms with Crippen LogP contribution in [-0.2, 0) is 10.0 Å². The Balaban J connectivity index is 1.75. The maximum Gasteiger partial charge on any atom is 0.573 e. The molecule has 1 aliphatic heterocycles. The molecule has 1 aromatic carbocycles. The number of sulfonamides is 1. The highest BCUT2D eigenvalue weighted by Gasteiger charge is 2.49. The molecular formula is C13H14F3NO4S. The predicted octanol–water partition coefficient (Wildman–Crippen LogP) is 1.59. The zero-order valence-electron chi connectivity index (χ0n) is 11.3. The smallest absolute Gasteiger partial charge is 0.406 e. The molecule has 122 valence electrons. The molecule has 1 aromatic rings. The third kappa shape index (κ3) is 2.80. The van der Waals surface area contributed by atoms with Gasteiger partial charge in [-0.3, -0.25) is 0 Å². The summed E-state index contributed by atoms with van der Waals surface area (Å²) in [5, 5.41) is 9.57. The Labute approximate surface area is 125 Å². The lowest BCUT2D eigenvalue weighted by atomic mass is 9.74. The quantitative estimate of drug-likeness (QED) is 0.910. The summed E-state index contributed by atoms with van der Waals surface area (Å²) in [6.07, 6.45) is -4.69. The molecule has 1 N–H and O–H groups in total. The van der Waals surface area contributed by atoms with Crippen LogP contribution in [0.25, 0.3) is 0 Å². The highest BCUT2D eigenvalue weighted by atomic mass is 32.2. The lowest BCUT2D eigenvalue weighted by molar-refractivity contribution is -0.274. The van der Waals surface area contributed by atoms with Crippen LogP contribution >= 0.6 is 0 Å². The van der Waals surface area contributed by atoms with Gasteiger partial charge in [0, 0.05) is 19.0 Å². The third-order valence-corrected chi connectivity index (χ3v) is 6.04. The summed E-state index contributed by atoms with van der Waals surface area (Å²) >= 11 is 0. The van der Waals surface area contributed by atoms with E-state index in [1.165, 1.54) is 4.31 Å². The summed E-state index contributed by atoms with van der Waals surface area (Å²) in [5.74, 6) is -0.344. The second kappa shape index (κ2) is 5.10. The van der Waals surface area contributed by atoms with Gasteiger partial charge in [-0.1, -0.05) is 0 Å². The fourth-order valence-electron chi connectivity index (χ4n) is 2.99. The van der Waals surface area contributed by atoms with E-state index in [4.69, 9.17) is 0 Å². The van der Waals surface area contributed by atoms with Gasteiger partial charge in [0.15, 0.2) is 0 Å². The molecule has 0 aromatic heterocycles. The van der Waals surface area contributed by atoms with Gasteiger partial charge in [0.05, 0.1) is 11.0 Å². The summed E-state index contributed by atoms with van der Waals surface area (Å²) in [6.45, 7) is 0.583. The number of ether oxygens (including phenoxy) is 1. The lowest BCUT2D eigenvalue weighted by Crippen LogP contribution is -2.39. The maximum absolute atomic E-state index is 12.4. The average molecular weight is 337 g/mol. The molecule has 5 nitrogen and oxygen atoms in total. The lowest BCUT2D eigenvalue weighted by Gasteiger charge is -2.34. The van der Waals surface area contributed by atoms with Crippen molar-refractivity contribution in [3.63, 3.8) is 0 Å². The summed E-state index contributed by atoms with van der Waals surface area (Å²) in [5.41, 5.74) is 0. The summed E-state index contributed by atoms with van der Waals surface area (Å²) in [6, 6.07) is 4.12. The number of alkyl halides is 3. The Bertz CT molecular complexity index is 659. The van der Waals surface area contributed by atoms with Crippen LogP contribution in [-0.4, -0.2) is 43.4 Å². The number of aliphatic hydroxyl groups is 1. The van der Waals surface area contributed by atoms with Gasteiger partial charge >= 0.3 is 6.36 Å². The molecule has 1 saturated heterocycles. The molecule has 2 fully saturated rings. The van der Waals surface area contributed by atoms with Crippen LogP contribution < -0.4 is 4.74 Å². The number of benzene rings is 1. The van der Waals surface area contributed by atoms with Crippen LogP contribution in [0.4, 0.5) is 13.2 Å². The van der Waals surface area contributed by atoms with E-state index in [0.717, 1.165) is 24.3 Å². The van der Waals surface area contributed by atoms with E-state index in [1.807, 2.05) is 0 Å². The number of hydrogen-bond acceptors (Lipinski definition) is 4. The molecule has 1 heterocycles. The van der Waals surface area contributed by atoms with E-state index in [1.54, 1.807) is 0 Å². The molecule has 3 atom stereocenters. The molecule has 0 amide bonds. The summed E-state index contributed by atoms with van der Waals surface area (Å²) in [7, 11) is -3.76. The van der Waals surface area contributed by atoms with Crippen LogP contribution in [0.2, 0.25) is 0 Å². The van der Waals surface area contributed by atoms with Crippen molar-refractivity contribution in [3.05, 3.63) is 24.3 Å². The highest BCUT2D eigenvalue weighted by Crippen LogP contribution is 2.42. The van der Waals surface area contributed by atoms with E-state index in [-0.39, 0.29) is 23.3 Å². The first-order chi connectivity index (χ1) is 10.2. The maximum atomic E-state index is 12.4. The van der Waals surface area contributed by atoms with Gasteiger partial charge in [-0.05, 0) is 36.6 Å². The molecule has 2 aliphatic rings. The van der Waals surface area contributed by atoms with Crippen molar-refractivity contribution in [1.29, 1.82) is 0 Å². The van der Waals surface area contributed by atoms with Crippen molar-refractivity contribution in [1.82, 2.24) is 4.31 Å². The van der Waals surface area contributed by atoms with Gasteiger partial charge in [-0.15, -0.1) is 13.2 Å². The molecule has 3 rings (SSSR count). The molecule has 1 aliphatic carbocycles. The first-order valence-electron chi connectivity index (χ1n) is 6.71. The van der Waals surface area contributed by atoms with Gasteiger partial charge in [-0.2, -0.15) is 4.31 Å². The molecular weight excluding hydrogens is 323 g/mol. The molecule has 1 saturated carbocycles. The third-order valence-electron chi connectivity index (χ3n) is 4.19. The van der Waals surface area contributed by atoms with Crippen molar-refractivity contribution in [2.75, 3.05) is 13.1 Å². The van der Waals surface area contributed by atoms with Gasteiger partial charge < -0.3 is 9.84 Å². The van der Waals surface area contributed by atoms with Gasteiger partial charge in [-0.25, -0.2) is 8.42 Å². The molecule has 9 heteroatoms. The topological polar surface area (TPSA) is 66.8 Å². The van der Waals surface area contributed by atoms with Crippen LogP contribution in [0.3, 0.4) is 0 Å². The van der Waals surface area contributed by atoms with E-state index in [2.05, 4.69) is 4.74 Å². The first kappa shape index (κ1) is 15.6. The first-order valence-corrected chi connectivity index (χ1v) is 8.15. The van der Waals surface area contributed by atoms with E-state index in [0.29, 0.717) is 13.0 Å². The van der Waals surface area contributed by atoms with Crippen LogP contribution in [0.5, 0.6) is 5.75 Å². The van der Waals surface area contributed by atoms with Gasteiger partial charge in [0.2, 0.25) is 10.0 Å². The molecule has 0 spiro atoms. The van der Waals surface area contributed by atoms with Crippen molar-refractivity contribution < 1.29 is 31.4 Å². The zero-order chi connectivity index (χ0) is 16.1. The molecule has 0 bridgehead atoms. The largest absolute Gasteiger partial charge is 0.573 e. The fourth-order valence-corrected chi connectivity index (χ4v) is 4.52. The van der Waals surface area contributed by atoms with Crippen LogP contribution in [0, 0.1) is 11.8 Å².